The monoisotopic (exact) mass is 432 g/mol. The van der Waals surface area contributed by atoms with Crippen molar-refractivity contribution in [2.24, 2.45) is 0 Å². The van der Waals surface area contributed by atoms with E-state index >= 15 is 0 Å². The van der Waals surface area contributed by atoms with E-state index in [1.807, 2.05) is 20.3 Å². The molecular formula is C21H20Cl2Zr. The van der Waals surface area contributed by atoms with Gasteiger partial charge in [0.05, 0.1) is 0 Å². The summed E-state index contributed by atoms with van der Waals surface area (Å²) in [7, 11) is 0. The molecule has 1 aliphatic carbocycles. The van der Waals surface area contributed by atoms with Crippen LogP contribution in [-0.2, 0) is 26.2 Å². The average Bonchev–Trinajstić information content (AvgIpc) is 3.15. The Balaban J connectivity index is 0.000000827. The minimum absolute atomic E-state index is 0. The van der Waals surface area contributed by atoms with E-state index in [0.717, 1.165) is 0 Å². The second-order valence-corrected chi connectivity index (χ2v) is 5.41. The van der Waals surface area contributed by atoms with Gasteiger partial charge in [0, 0.05) is 0 Å². The van der Waals surface area contributed by atoms with Gasteiger partial charge in [-0.15, -0.1) is 33.7 Å². The zero-order valence-corrected chi connectivity index (χ0v) is 17.8. The van der Waals surface area contributed by atoms with E-state index in [1.54, 1.807) is 0 Å². The minimum atomic E-state index is 0. The Morgan fingerprint density at radius 1 is 0.833 bits per heavy atom. The molecule has 0 bridgehead atoms. The maximum Gasteiger partial charge on any atom is 4.00 e. The van der Waals surface area contributed by atoms with Crippen LogP contribution in [0.1, 0.15) is 25.3 Å². The molecule has 0 saturated heterocycles. The number of hydrogen-bond acceptors (Lipinski definition) is 0. The third kappa shape index (κ3) is 4.66. The van der Waals surface area contributed by atoms with Crippen molar-refractivity contribution < 1.29 is 51.0 Å². The average molecular weight is 435 g/mol. The van der Waals surface area contributed by atoms with Crippen molar-refractivity contribution in [1.29, 1.82) is 0 Å². The molecule has 24 heavy (non-hydrogen) atoms. The van der Waals surface area contributed by atoms with Crippen molar-refractivity contribution in [2.45, 2.75) is 19.8 Å². The van der Waals surface area contributed by atoms with Gasteiger partial charge >= 0.3 is 26.2 Å². The third-order valence-corrected chi connectivity index (χ3v) is 3.80. The van der Waals surface area contributed by atoms with Gasteiger partial charge in [-0.2, -0.15) is 13.8 Å². The number of fused-ring (bicyclic) bond motifs is 3. The molecule has 0 unspecified atom stereocenters. The van der Waals surface area contributed by atoms with Crippen molar-refractivity contribution in [3.8, 4) is 0 Å². The van der Waals surface area contributed by atoms with Gasteiger partial charge < -0.3 is 31.2 Å². The zero-order valence-electron chi connectivity index (χ0n) is 13.8. The Kier molecular flexibility index (Phi) is 10.6. The van der Waals surface area contributed by atoms with Gasteiger partial charge in [0.25, 0.3) is 0 Å². The van der Waals surface area contributed by atoms with E-state index in [1.165, 1.54) is 27.1 Å². The van der Waals surface area contributed by atoms with Gasteiger partial charge in [-0.25, -0.2) is 0 Å². The summed E-state index contributed by atoms with van der Waals surface area (Å²) in [6.07, 6.45) is 10.8. The Morgan fingerprint density at radius 2 is 1.42 bits per heavy atom. The molecule has 0 nitrogen and oxygen atoms in total. The van der Waals surface area contributed by atoms with Crippen LogP contribution in [0.3, 0.4) is 0 Å². The molecule has 0 saturated carbocycles. The Labute approximate surface area is 176 Å². The number of benzene rings is 2. The largest absolute Gasteiger partial charge is 4.00 e. The predicted octanol–water partition coefficient (Wildman–Crippen LogP) is 0.157. The van der Waals surface area contributed by atoms with Crippen molar-refractivity contribution >= 4 is 21.5 Å². The zero-order chi connectivity index (χ0) is 14.7. The first-order valence-electron chi connectivity index (χ1n) is 7.51. The van der Waals surface area contributed by atoms with Gasteiger partial charge in [0.1, 0.15) is 0 Å². The van der Waals surface area contributed by atoms with Gasteiger partial charge in [0.2, 0.25) is 0 Å². The number of halogens is 2. The second kappa shape index (κ2) is 11.0. The fraction of sp³-hybridized carbons (Fsp3) is 0.143. The summed E-state index contributed by atoms with van der Waals surface area (Å²) in [5.74, 6) is 0.436. The molecule has 0 amide bonds. The van der Waals surface area contributed by atoms with Gasteiger partial charge in [-0.3, -0.25) is 0 Å². The van der Waals surface area contributed by atoms with Crippen LogP contribution in [0.25, 0.3) is 21.5 Å². The molecule has 0 fully saturated rings. The fourth-order valence-corrected chi connectivity index (χ4v) is 2.93. The number of allylic oxidation sites excluding steroid dienone is 4. The SMILES string of the molecule is C1=CC(c2cccc3c2[cH-]c2ccccc23)C=C1.C[CH-]C.[Cl-].[Cl-].[Zr+4]. The summed E-state index contributed by atoms with van der Waals surface area (Å²) in [6.45, 7) is 4.00. The molecule has 3 heteroatoms. The molecule has 3 aromatic carbocycles. The number of rotatable bonds is 1. The van der Waals surface area contributed by atoms with Crippen LogP contribution in [-0.4, -0.2) is 0 Å². The van der Waals surface area contributed by atoms with Gasteiger partial charge in [-0.05, 0) is 5.92 Å². The van der Waals surface area contributed by atoms with E-state index < -0.39 is 0 Å². The maximum absolute atomic E-state index is 2.32. The van der Waals surface area contributed by atoms with Crippen molar-refractivity contribution in [2.75, 3.05) is 0 Å². The molecule has 0 spiro atoms. The maximum atomic E-state index is 2.32. The summed E-state index contributed by atoms with van der Waals surface area (Å²) in [6, 6.07) is 17.6. The molecule has 0 atom stereocenters. The molecule has 0 heterocycles. The first-order chi connectivity index (χ1) is 10.3. The van der Waals surface area contributed by atoms with Crippen molar-refractivity contribution in [3.63, 3.8) is 0 Å². The van der Waals surface area contributed by atoms with E-state index in [0.29, 0.717) is 5.92 Å². The van der Waals surface area contributed by atoms with Crippen LogP contribution >= 0.6 is 0 Å². The van der Waals surface area contributed by atoms with E-state index in [9.17, 15) is 0 Å². The predicted molar refractivity (Wildman–Crippen MR) is 93.7 cm³/mol. The summed E-state index contributed by atoms with van der Waals surface area (Å²) < 4.78 is 0. The molecule has 4 rings (SSSR count). The Hall–Kier alpha value is -0.747. The Morgan fingerprint density at radius 3 is 2.08 bits per heavy atom. The van der Waals surface area contributed by atoms with E-state index in [2.05, 4.69) is 72.8 Å². The molecule has 0 aromatic heterocycles. The molecule has 122 valence electrons. The number of hydrogen-bond donors (Lipinski definition) is 0. The first-order valence-corrected chi connectivity index (χ1v) is 7.51. The second-order valence-electron chi connectivity index (χ2n) is 5.41. The van der Waals surface area contributed by atoms with Crippen molar-refractivity contribution in [3.05, 3.63) is 84.8 Å². The molecule has 0 radical (unpaired) electrons. The van der Waals surface area contributed by atoms with Crippen molar-refractivity contribution in [1.82, 2.24) is 0 Å². The smallest absolute Gasteiger partial charge is 1.00 e. The fourth-order valence-electron chi connectivity index (χ4n) is 2.93. The molecule has 0 aliphatic heterocycles. The normalized spacial score (nSPS) is 12.1. The standard InChI is InChI=1S/C18H13.C3H7.2ClH.Zr/c1-2-7-13(6-1)15-10-5-11-17-16-9-4-3-8-14(16)12-18(15)17;1-3-2;;;/h1-13H;3H,1-2H3;2*1H;/q2*-1;;;+4/p-2. The summed E-state index contributed by atoms with van der Waals surface area (Å²) in [5, 5.41) is 5.46. The summed E-state index contributed by atoms with van der Waals surface area (Å²) in [4.78, 5) is 0. The first kappa shape index (κ1) is 23.3. The summed E-state index contributed by atoms with van der Waals surface area (Å²) in [5.41, 5.74) is 1.41. The van der Waals surface area contributed by atoms with Crippen LogP contribution in [0.5, 0.6) is 0 Å². The topological polar surface area (TPSA) is 0 Å². The van der Waals surface area contributed by atoms with E-state index in [-0.39, 0.29) is 51.0 Å². The van der Waals surface area contributed by atoms with Crippen LogP contribution in [0.15, 0.2) is 72.8 Å². The third-order valence-electron chi connectivity index (χ3n) is 3.80. The van der Waals surface area contributed by atoms with Crippen LogP contribution in [0, 0.1) is 6.42 Å². The van der Waals surface area contributed by atoms with Crippen LogP contribution in [0.4, 0.5) is 0 Å². The van der Waals surface area contributed by atoms with Crippen LogP contribution in [0.2, 0.25) is 0 Å². The quantitative estimate of drug-likeness (QED) is 0.479. The molecular weight excluding hydrogens is 414 g/mol. The molecule has 0 N–H and O–H groups in total. The summed E-state index contributed by atoms with van der Waals surface area (Å²) >= 11 is 0. The molecule has 1 aliphatic rings. The van der Waals surface area contributed by atoms with Gasteiger partial charge in [-0.1, -0.05) is 66.3 Å². The van der Waals surface area contributed by atoms with Gasteiger partial charge in [0.15, 0.2) is 0 Å². The molecule has 3 aromatic rings. The minimum Gasteiger partial charge on any atom is -1.00 e. The van der Waals surface area contributed by atoms with E-state index in [4.69, 9.17) is 0 Å². The Bertz CT molecular complexity index is 803. The van der Waals surface area contributed by atoms with Crippen LogP contribution < -0.4 is 24.8 Å².